The summed E-state index contributed by atoms with van der Waals surface area (Å²) in [6.45, 7) is 6.59. The normalized spacial score (nSPS) is 21.0. The lowest BCUT2D eigenvalue weighted by molar-refractivity contribution is -0.115. The van der Waals surface area contributed by atoms with Crippen LogP contribution in [0.1, 0.15) is 30.5 Å². The van der Waals surface area contributed by atoms with Gasteiger partial charge < -0.3 is 10.6 Å². The molecule has 0 aliphatic carbocycles. The van der Waals surface area contributed by atoms with Crippen molar-refractivity contribution in [3.05, 3.63) is 29.3 Å². The van der Waals surface area contributed by atoms with Gasteiger partial charge in [0.1, 0.15) is 0 Å². The molecule has 0 bridgehead atoms. The molecule has 2 aliphatic heterocycles. The Morgan fingerprint density at radius 3 is 2.84 bits per heavy atom. The summed E-state index contributed by atoms with van der Waals surface area (Å²) in [5.41, 5.74) is 3.49. The van der Waals surface area contributed by atoms with E-state index in [0.717, 1.165) is 43.9 Å². The largest absolute Gasteiger partial charge is 0.326 e. The quantitative estimate of drug-likeness (QED) is 0.865. The molecule has 3 rings (SSSR count). The molecular weight excluding hydrogens is 238 g/mol. The topological polar surface area (TPSA) is 44.4 Å². The fourth-order valence-electron chi connectivity index (χ4n) is 3.16. The van der Waals surface area contributed by atoms with Crippen LogP contribution < -0.4 is 10.6 Å². The molecule has 1 atom stereocenters. The van der Waals surface area contributed by atoms with Gasteiger partial charge in [-0.2, -0.15) is 0 Å². The van der Waals surface area contributed by atoms with Crippen LogP contribution in [0.25, 0.3) is 0 Å². The summed E-state index contributed by atoms with van der Waals surface area (Å²) in [5, 5.41) is 6.29. The van der Waals surface area contributed by atoms with Crippen molar-refractivity contribution in [1.29, 1.82) is 0 Å². The number of piperazine rings is 1. The summed E-state index contributed by atoms with van der Waals surface area (Å²) < 4.78 is 0. The Morgan fingerprint density at radius 2 is 2.11 bits per heavy atom. The van der Waals surface area contributed by atoms with Gasteiger partial charge in [-0.3, -0.25) is 9.69 Å². The second-order valence-electron chi connectivity index (χ2n) is 5.35. The highest BCUT2D eigenvalue weighted by atomic mass is 16.1. The van der Waals surface area contributed by atoms with Crippen molar-refractivity contribution in [2.24, 2.45) is 0 Å². The van der Waals surface area contributed by atoms with Gasteiger partial charge in [-0.05, 0) is 23.6 Å². The van der Waals surface area contributed by atoms with Crippen molar-refractivity contribution in [3.63, 3.8) is 0 Å². The number of carbonyl (C=O) groups excluding carboxylic acids is 1. The monoisotopic (exact) mass is 259 g/mol. The van der Waals surface area contributed by atoms with Crippen LogP contribution in [0.3, 0.4) is 0 Å². The molecule has 4 heteroatoms. The van der Waals surface area contributed by atoms with Crippen molar-refractivity contribution < 1.29 is 4.79 Å². The maximum atomic E-state index is 11.4. The maximum Gasteiger partial charge on any atom is 0.228 e. The zero-order valence-electron chi connectivity index (χ0n) is 11.4. The smallest absolute Gasteiger partial charge is 0.228 e. The van der Waals surface area contributed by atoms with Crippen LogP contribution in [0.15, 0.2) is 18.2 Å². The van der Waals surface area contributed by atoms with Crippen LogP contribution in [0.2, 0.25) is 0 Å². The van der Waals surface area contributed by atoms with Crippen molar-refractivity contribution in [2.45, 2.75) is 25.8 Å². The Labute approximate surface area is 114 Å². The summed E-state index contributed by atoms with van der Waals surface area (Å²) in [6.07, 6.45) is 1.64. The lowest BCUT2D eigenvalue weighted by atomic mass is 9.98. The van der Waals surface area contributed by atoms with Gasteiger partial charge in [0, 0.05) is 37.9 Å². The molecule has 1 unspecified atom stereocenters. The fraction of sp³-hybridized carbons (Fsp3) is 0.533. The van der Waals surface area contributed by atoms with Crippen molar-refractivity contribution in [2.75, 3.05) is 31.5 Å². The van der Waals surface area contributed by atoms with Crippen LogP contribution in [0.4, 0.5) is 5.69 Å². The van der Waals surface area contributed by atoms with E-state index in [1.54, 1.807) is 0 Å². The lowest BCUT2D eigenvalue weighted by Gasteiger charge is -2.35. The van der Waals surface area contributed by atoms with Crippen LogP contribution in [0.5, 0.6) is 0 Å². The second kappa shape index (κ2) is 5.31. The van der Waals surface area contributed by atoms with Gasteiger partial charge in [-0.15, -0.1) is 0 Å². The average Bonchev–Trinajstić information content (AvgIpc) is 2.80. The summed E-state index contributed by atoms with van der Waals surface area (Å²) >= 11 is 0. The molecule has 0 spiro atoms. The third kappa shape index (κ3) is 2.51. The molecule has 102 valence electrons. The van der Waals surface area contributed by atoms with Gasteiger partial charge in [0.25, 0.3) is 0 Å². The molecule has 1 fully saturated rings. The van der Waals surface area contributed by atoms with Crippen LogP contribution >= 0.6 is 0 Å². The molecule has 1 saturated heterocycles. The van der Waals surface area contributed by atoms with Crippen molar-refractivity contribution >= 4 is 11.6 Å². The summed E-state index contributed by atoms with van der Waals surface area (Å²) in [7, 11) is 0. The van der Waals surface area contributed by atoms with E-state index in [2.05, 4.69) is 40.7 Å². The first kappa shape index (κ1) is 12.6. The number of nitrogens with zero attached hydrogens (tertiary/aromatic N) is 1. The van der Waals surface area contributed by atoms with Gasteiger partial charge in [0.05, 0.1) is 6.42 Å². The Hall–Kier alpha value is -1.39. The molecule has 1 aromatic rings. The summed E-state index contributed by atoms with van der Waals surface area (Å²) in [5.74, 6) is 0.113. The van der Waals surface area contributed by atoms with E-state index in [1.807, 2.05) is 0 Å². The number of fused-ring (bicyclic) bond motifs is 1. The first-order chi connectivity index (χ1) is 9.28. The van der Waals surface area contributed by atoms with Crippen molar-refractivity contribution in [3.8, 4) is 0 Å². The highest BCUT2D eigenvalue weighted by molar-refractivity contribution is 5.99. The number of rotatable bonds is 3. The predicted octanol–water partition coefficient (Wildman–Crippen LogP) is 1.54. The molecular formula is C15H21N3O. The van der Waals surface area contributed by atoms with Gasteiger partial charge in [0.15, 0.2) is 0 Å². The molecule has 0 saturated carbocycles. The predicted molar refractivity (Wildman–Crippen MR) is 76.3 cm³/mol. The number of benzene rings is 1. The van der Waals surface area contributed by atoms with Gasteiger partial charge in [-0.1, -0.05) is 19.1 Å². The van der Waals surface area contributed by atoms with Crippen LogP contribution in [0, 0.1) is 0 Å². The van der Waals surface area contributed by atoms with Crippen molar-refractivity contribution in [1.82, 2.24) is 10.2 Å². The Balaban J connectivity index is 1.83. The van der Waals surface area contributed by atoms with Gasteiger partial charge in [0.2, 0.25) is 5.91 Å². The fourth-order valence-corrected chi connectivity index (χ4v) is 3.16. The SMILES string of the molecule is CCC(c1ccc2c(c1)CC(=O)N2)N1CCNCC1. The summed E-state index contributed by atoms with van der Waals surface area (Å²) in [6, 6.07) is 6.91. The zero-order valence-corrected chi connectivity index (χ0v) is 11.4. The molecule has 4 nitrogen and oxygen atoms in total. The first-order valence-electron chi connectivity index (χ1n) is 7.15. The number of hydrogen-bond donors (Lipinski definition) is 2. The number of anilines is 1. The molecule has 0 aromatic heterocycles. The molecule has 1 amide bonds. The van der Waals surface area contributed by atoms with E-state index in [9.17, 15) is 4.79 Å². The van der Waals surface area contributed by atoms with E-state index in [-0.39, 0.29) is 5.91 Å². The van der Waals surface area contributed by atoms with Crippen LogP contribution in [-0.4, -0.2) is 37.0 Å². The average molecular weight is 259 g/mol. The lowest BCUT2D eigenvalue weighted by Crippen LogP contribution is -2.45. The summed E-state index contributed by atoms with van der Waals surface area (Å²) in [4.78, 5) is 14.0. The molecule has 2 aliphatic rings. The molecule has 2 N–H and O–H groups in total. The van der Waals surface area contributed by atoms with E-state index in [0.29, 0.717) is 12.5 Å². The second-order valence-corrected chi connectivity index (χ2v) is 5.35. The highest BCUT2D eigenvalue weighted by Crippen LogP contribution is 2.30. The third-order valence-corrected chi connectivity index (χ3v) is 4.12. The minimum absolute atomic E-state index is 0.113. The number of hydrogen-bond acceptors (Lipinski definition) is 3. The minimum atomic E-state index is 0.113. The number of nitrogens with one attached hydrogen (secondary N) is 2. The van der Waals surface area contributed by atoms with Gasteiger partial charge >= 0.3 is 0 Å². The zero-order chi connectivity index (χ0) is 13.2. The van der Waals surface area contributed by atoms with Crippen LogP contribution in [-0.2, 0) is 11.2 Å². The Morgan fingerprint density at radius 1 is 1.32 bits per heavy atom. The first-order valence-corrected chi connectivity index (χ1v) is 7.15. The molecule has 1 aromatic carbocycles. The molecule has 0 radical (unpaired) electrons. The Kier molecular flexibility index (Phi) is 3.53. The van der Waals surface area contributed by atoms with E-state index in [1.165, 1.54) is 5.56 Å². The number of carbonyl (C=O) groups is 1. The third-order valence-electron chi connectivity index (χ3n) is 4.12. The number of amides is 1. The molecule has 2 heterocycles. The minimum Gasteiger partial charge on any atom is -0.326 e. The van der Waals surface area contributed by atoms with E-state index < -0.39 is 0 Å². The highest BCUT2D eigenvalue weighted by Gasteiger charge is 2.23. The standard InChI is InChI=1S/C15H21N3O/c1-2-14(18-7-5-16-6-8-18)11-3-4-13-12(9-11)10-15(19)17-13/h3-4,9,14,16H,2,5-8,10H2,1H3,(H,17,19). The van der Waals surface area contributed by atoms with E-state index >= 15 is 0 Å². The van der Waals surface area contributed by atoms with Gasteiger partial charge in [-0.25, -0.2) is 0 Å². The van der Waals surface area contributed by atoms with E-state index in [4.69, 9.17) is 0 Å². The Bertz CT molecular complexity index is 480. The molecule has 19 heavy (non-hydrogen) atoms. The maximum absolute atomic E-state index is 11.4.